The number of guanidine groups is 1. The minimum Gasteiger partial charge on any atom is -0.450 e. The molecule has 1 heterocycles. The number of ether oxygens (including phenoxy) is 1. The van der Waals surface area contributed by atoms with Gasteiger partial charge in [-0.05, 0) is 60.3 Å². The van der Waals surface area contributed by atoms with Gasteiger partial charge in [-0.3, -0.25) is 0 Å². The lowest BCUT2D eigenvalue weighted by Crippen LogP contribution is -2.49. The zero-order valence-corrected chi connectivity index (χ0v) is 19.6. The highest BCUT2D eigenvalue weighted by Crippen LogP contribution is 2.17. The summed E-state index contributed by atoms with van der Waals surface area (Å²) < 4.78 is 19.1. The molecule has 0 aliphatic carbocycles. The molecule has 0 atom stereocenters. The molecule has 1 aliphatic heterocycles. The smallest absolute Gasteiger partial charge is 0.409 e. The third kappa shape index (κ3) is 7.81. The average molecular weight is 557 g/mol. The number of aliphatic imine (C=N–C) groups is 1. The summed E-state index contributed by atoms with van der Waals surface area (Å²) >= 11 is 3.15. The normalized spacial score (nSPS) is 15.1. The van der Waals surface area contributed by atoms with Gasteiger partial charge in [-0.15, -0.1) is 24.0 Å². The molecule has 0 spiro atoms. The van der Waals surface area contributed by atoms with Crippen LogP contribution in [0.3, 0.4) is 0 Å². The number of piperidine rings is 1. The fourth-order valence-electron chi connectivity index (χ4n) is 2.74. The van der Waals surface area contributed by atoms with Crippen molar-refractivity contribution in [3.05, 3.63) is 34.1 Å². The first-order chi connectivity index (χ1) is 12.5. The van der Waals surface area contributed by atoms with E-state index in [-0.39, 0.29) is 41.9 Å². The van der Waals surface area contributed by atoms with Crippen LogP contribution in [-0.2, 0) is 11.3 Å². The second-order valence-electron chi connectivity index (χ2n) is 6.05. The van der Waals surface area contributed by atoms with Crippen LogP contribution in [0.5, 0.6) is 0 Å². The Kier molecular flexibility index (Phi) is 11.0. The van der Waals surface area contributed by atoms with Gasteiger partial charge in [-0.1, -0.05) is 6.07 Å². The van der Waals surface area contributed by atoms with Crippen LogP contribution in [0, 0.1) is 5.82 Å². The van der Waals surface area contributed by atoms with Crippen molar-refractivity contribution in [3.63, 3.8) is 0 Å². The molecule has 0 saturated carbocycles. The Morgan fingerprint density at radius 1 is 1.37 bits per heavy atom. The van der Waals surface area contributed by atoms with Gasteiger partial charge in [0.2, 0.25) is 0 Å². The molecule has 0 radical (unpaired) electrons. The predicted octanol–water partition coefficient (Wildman–Crippen LogP) is 3.88. The lowest BCUT2D eigenvalue weighted by Gasteiger charge is -2.32. The first-order valence-electron chi connectivity index (χ1n) is 8.94. The van der Waals surface area contributed by atoms with Gasteiger partial charge >= 0.3 is 6.09 Å². The van der Waals surface area contributed by atoms with Gasteiger partial charge < -0.3 is 20.3 Å². The van der Waals surface area contributed by atoms with Crippen molar-refractivity contribution in [1.29, 1.82) is 0 Å². The highest BCUT2D eigenvalue weighted by molar-refractivity contribution is 14.0. The van der Waals surface area contributed by atoms with Crippen LogP contribution in [0.2, 0.25) is 0 Å². The zero-order valence-electron chi connectivity index (χ0n) is 15.6. The maximum atomic E-state index is 13.6. The van der Waals surface area contributed by atoms with E-state index in [4.69, 9.17) is 4.74 Å². The number of rotatable bonds is 5. The van der Waals surface area contributed by atoms with Crippen molar-refractivity contribution < 1.29 is 13.9 Å². The summed E-state index contributed by atoms with van der Waals surface area (Å²) in [6.07, 6.45) is 1.41. The molecule has 1 amide bonds. The number of carbonyl (C=O) groups excluding carboxylic acids is 1. The molecule has 2 rings (SSSR count). The largest absolute Gasteiger partial charge is 0.450 e. The maximum absolute atomic E-state index is 13.6. The fraction of sp³-hybridized carbons (Fsp3) is 0.556. The molecule has 1 saturated heterocycles. The summed E-state index contributed by atoms with van der Waals surface area (Å²) in [5.74, 6) is 0.410. The Morgan fingerprint density at radius 3 is 2.67 bits per heavy atom. The first-order valence-corrected chi connectivity index (χ1v) is 9.73. The Morgan fingerprint density at radius 2 is 2.07 bits per heavy atom. The van der Waals surface area contributed by atoms with Crippen molar-refractivity contribution >= 4 is 52.0 Å². The third-order valence-corrected chi connectivity index (χ3v) is 4.75. The molecule has 152 valence electrons. The van der Waals surface area contributed by atoms with E-state index in [0.29, 0.717) is 36.7 Å². The van der Waals surface area contributed by atoms with Crippen LogP contribution in [-0.4, -0.2) is 49.2 Å². The Hall–Kier alpha value is -1.10. The topological polar surface area (TPSA) is 66.0 Å². The molecule has 1 aromatic carbocycles. The van der Waals surface area contributed by atoms with Crippen molar-refractivity contribution in [3.8, 4) is 0 Å². The van der Waals surface area contributed by atoms with E-state index in [1.165, 1.54) is 6.07 Å². The van der Waals surface area contributed by atoms with Gasteiger partial charge in [0.05, 0.1) is 17.6 Å². The Balaban J connectivity index is 0.00000364. The van der Waals surface area contributed by atoms with E-state index >= 15 is 0 Å². The number of hydrogen-bond acceptors (Lipinski definition) is 3. The summed E-state index contributed by atoms with van der Waals surface area (Å²) in [6, 6.07) is 5.25. The van der Waals surface area contributed by atoms with E-state index in [2.05, 4.69) is 31.6 Å². The summed E-state index contributed by atoms with van der Waals surface area (Å²) in [7, 11) is 0. The molecule has 0 aromatic heterocycles. The highest BCUT2D eigenvalue weighted by Gasteiger charge is 2.24. The molecule has 9 heteroatoms. The van der Waals surface area contributed by atoms with E-state index in [9.17, 15) is 9.18 Å². The lowest BCUT2D eigenvalue weighted by molar-refractivity contribution is 0.0963. The number of nitrogens with zero attached hydrogens (tertiary/aromatic N) is 2. The van der Waals surface area contributed by atoms with Gasteiger partial charge in [0.25, 0.3) is 0 Å². The minimum absolute atomic E-state index is 0. The quantitative estimate of drug-likeness (QED) is 0.328. The summed E-state index contributed by atoms with van der Waals surface area (Å²) in [5.41, 5.74) is 0.806. The number of likely N-dealkylation sites (tertiary alicyclic amines) is 1. The van der Waals surface area contributed by atoms with Gasteiger partial charge in [-0.2, -0.15) is 0 Å². The van der Waals surface area contributed by atoms with Crippen molar-refractivity contribution in [1.82, 2.24) is 15.5 Å². The van der Waals surface area contributed by atoms with Crippen LogP contribution < -0.4 is 10.6 Å². The molecule has 6 nitrogen and oxygen atoms in total. The van der Waals surface area contributed by atoms with Crippen LogP contribution in [0.4, 0.5) is 9.18 Å². The van der Waals surface area contributed by atoms with Crippen molar-refractivity contribution in [2.24, 2.45) is 4.99 Å². The monoisotopic (exact) mass is 556 g/mol. The first kappa shape index (κ1) is 23.9. The number of carbonyl (C=O) groups is 1. The van der Waals surface area contributed by atoms with Crippen LogP contribution in [0.25, 0.3) is 0 Å². The van der Waals surface area contributed by atoms with Gasteiger partial charge in [-0.25, -0.2) is 14.2 Å². The van der Waals surface area contributed by atoms with Gasteiger partial charge in [0.15, 0.2) is 5.96 Å². The Labute approximate surface area is 185 Å². The fourth-order valence-corrected chi connectivity index (χ4v) is 2.99. The minimum atomic E-state index is -0.290. The average Bonchev–Trinajstić information content (AvgIpc) is 2.63. The third-order valence-electron chi connectivity index (χ3n) is 4.11. The highest BCUT2D eigenvalue weighted by atomic mass is 127. The molecular weight excluding hydrogens is 530 g/mol. The summed E-state index contributed by atoms with van der Waals surface area (Å²) in [4.78, 5) is 18.0. The van der Waals surface area contributed by atoms with Crippen LogP contribution in [0.15, 0.2) is 27.7 Å². The maximum Gasteiger partial charge on any atom is 0.409 e. The molecular formula is C18H27BrFIN4O2. The van der Waals surface area contributed by atoms with E-state index < -0.39 is 0 Å². The number of hydrogen-bond donors (Lipinski definition) is 2. The molecule has 1 aliphatic rings. The number of amides is 1. The van der Waals surface area contributed by atoms with Gasteiger partial charge in [0.1, 0.15) is 5.82 Å². The molecule has 0 bridgehead atoms. The lowest BCUT2D eigenvalue weighted by atomic mass is 10.1. The molecule has 1 aromatic rings. The molecule has 27 heavy (non-hydrogen) atoms. The van der Waals surface area contributed by atoms with Gasteiger partial charge in [0, 0.05) is 25.7 Å². The number of halogens is 3. The predicted molar refractivity (Wildman–Crippen MR) is 119 cm³/mol. The second kappa shape index (κ2) is 12.4. The van der Waals surface area contributed by atoms with E-state index in [0.717, 1.165) is 24.9 Å². The number of benzene rings is 1. The number of nitrogens with one attached hydrogen (secondary N) is 2. The van der Waals surface area contributed by atoms with Crippen LogP contribution >= 0.6 is 39.9 Å². The molecule has 1 fully saturated rings. The summed E-state index contributed by atoms with van der Waals surface area (Å²) in [6.45, 7) is 6.65. The van der Waals surface area contributed by atoms with E-state index in [1.807, 2.05) is 19.9 Å². The van der Waals surface area contributed by atoms with Crippen molar-refractivity contribution in [2.45, 2.75) is 39.3 Å². The SMILES string of the molecule is CCNC(=NCc1ccc(Br)c(F)c1)NC1CCN(C(=O)OCC)CC1.I. The standard InChI is InChI=1S/C18H26BrFN4O2.HI/c1-3-21-17(22-12-13-5-6-15(19)16(20)11-13)23-14-7-9-24(10-8-14)18(25)26-4-2;/h5-6,11,14H,3-4,7-10,12H2,1-2H3,(H2,21,22,23);1H. The Bertz CT molecular complexity index is 640. The zero-order chi connectivity index (χ0) is 18.9. The molecule has 2 N–H and O–H groups in total. The second-order valence-corrected chi connectivity index (χ2v) is 6.90. The van der Waals surface area contributed by atoms with E-state index in [1.54, 1.807) is 11.0 Å². The molecule has 0 unspecified atom stereocenters. The van der Waals surface area contributed by atoms with Crippen LogP contribution in [0.1, 0.15) is 32.3 Å². The summed E-state index contributed by atoms with van der Waals surface area (Å²) in [5, 5.41) is 6.61. The van der Waals surface area contributed by atoms with Crippen molar-refractivity contribution in [2.75, 3.05) is 26.2 Å².